The lowest BCUT2D eigenvalue weighted by molar-refractivity contribution is -0.120. The molecule has 0 radical (unpaired) electrons. The van der Waals surface area contributed by atoms with Crippen LogP contribution in [0.25, 0.3) is 10.2 Å². The molecule has 1 heterocycles. The molecule has 3 rings (SSSR count). The van der Waals surface area contributed by atoms with Crippen LogP contribution in [-0.2, 0) is 4.79 Å². The molecule has 28 heavy (non-hydrogen) atoms. The van der Waals surface area contributed by atoms with Crippen molar-refractivity contribution in [2.45, 2.75) is 26.7 Å². The molecule has 0 aliphatic rings. The van der Waals surface area contributed by atoms with Gasteiger partial charge in [0.1, 0.15) is 5.75 Å². The minimum absolute atomic E-state index is 0.000588. The first kappa shape index (κ1) is 19.8. The second-order valence-electron chi connectivity index (χ2n) is 6.39. The molecule has 2 aromatic carbocycles. The van der Waals surface area contributed by atoms with E-state index in [0.29, 0.717) is 16.4 Å². The van der Waals surface area contributed by atoms with Gasteiger partial charge in [-0.2, -0.15) is 0 Å². The van der Waals surface area contributed by atoms with Crippen molar-refractivity contribution in [3.05, 3.63) is 48.0 Å². The van der Waals surface area contributed by atoms with Gasteiger partial charge in [-0.3, -0.25) is 14.9 Å². The number of thiazole rings is 1. The first-order valence-corrected chi connectivity index (χ1v) is 10.0. The minimum Gasteiger partial charge on any atom is -0.497 e. The number of fused-ring (bicyclic) bond motifs is 1. The molecule has 0 atom stereocenters. The van der Waals surface area contributed by atoms with Gasteiger partial charge < -0.3 is 10.1 Å². The monoisotopic (exact) mass is 397 g/mol. The maximum atomic E-state index is 12.5. The molecule has 1 aromatic heterocycles. The van der Waals surface area contributed by atoms with Crippen LogP contribution < -0.4 is 15.4 Å². The van der Waals surface area contributed by atoms with Crippen molar-refractivity contribution in [1.29, 1.82) is 0 Å². The zero-order valence-electron chi connectivity index (χ0n) is 16.1. The number of nitrogens with zero attached hydrogens (tertiary/aromatic N) is 1. The van der Waals surface area contributed by atoms with Crippen LogP contribution in [0.15, 0.2) is 42.5 Å². The van der Waals surface area contributed by atoms with Crippen LogP contribution in [0.4, 0.5) is 10.8 Å². The maximum Gasteiger partial charge on any atom is 0.257 e. The summed E-state index contributed by atoms with van der Waals surface area (Å²) in [5.41, 5.74) is 1.98. The fourth-order valence-corrected chi connectivity index (χ4v) is 3.75. The van der Waals surface area contributed by atoms with Gasteiger partial charge in [0.15, 0.2) is 5.13 Å². The van der Waals surface area contributed by atoms with Crippen LogP contribution in [-0.4, -0.2) is 23.9 Å². The Labute approximate surface area is 167 Å². The standard InChI is InChI=1S/C21H23N3O3S/c1-4-13(5-2)19(25)22-15-8-6-14(7-9-15)20(26)24-21-23-17-11-10-16(27-3)12-18(17)28-21/h6-13H,4-5H2,1-3H3,(H,22,25)(H,23,24,26). The number of nitrogens with one attached hydrogen (secondary N) is 2. The molecule has 146 valence electrons. The first-order chi connectivity index (χ1) is 13.5. The number of rotatable bonds is 7. The Balaban J connectivity index is 1.67. The number of carbonyl (C=O) groups excluding carboxylic acids is 2. The average Bonchev–Trinajstić information content (AvgIpc) is 3.10. The van der Waals surface area contributed by atoms with E-state index >= 15 is 0 Å². The predicted octanol–water partition coefficient (Wildman–Crippen LogP) is 4.93. The third kappa shape index (κ3) is 4.48. The summed E-state index contributed by atoms with van der Waals surface area (Å²) in [7, 11) is 1.61. The van der Waals surface area contributed by atoms with Gasteiger partial charge in [-0.1, -0.05) is 25.2 Å². The third-order valence-corrected chi connectivity index (χ3v) is 5.52. The molecule has 6 nitrogen and oxygen atoms in total. The van der Waals surface area contributed by atoms with Gasteiger partial charge in [-0.15, -0.1) is 0 Å². The van der Waals surface area contributed by atoms with Gasteiger partial charge in [0.2, 0.25) is 5.91 Å². The van der Waals surface area contributed by atoms with Gasteiger partial charge in [0.05, 0.1) is 17.3 Å². The first-order valence-electron chi connectivity index (χ1n) is 9.20. The fraction of sp³-hybridized carbons (Fsp3) is 0.286. The summed E-state index contributed by atoms with van der Waals surface area (Å²) in [4.78, 5) is 29.1. The van der Waals surface area contributed by atoms with E-state index in [9.17, 15) is 9.59 Å². The average molecular weight is 398 g/mol. The van der Waals surface area contributed by atoms with Crippen molar-refractivity contribution in [2.24, 2.45) is 5.92 Å². The molecule has 0 saturated carbocycles. The topological polar surface area (TPSA) is 80.3 Å². The van der Waals surface area contributed by atoms with Gasteiger partial charge in [0.25, 0.3) is 5.91 Å². The molecule has 0 aliphatic heterocycles. The van der Waals surface area contributed by atoms with Crippen LogP contribution in [0.5, 0.6) is 5.75 Å². The Morgan fingerprint density at radius 1 is 1.07 bits per heavy atom. The normalized spacial score (nSPS) is 10.9. The zero-order chi connectivity index (χ0) is 20.1. The fourth-order valence-electron chi connectivity index (χ4n) is 2.86. The highest BCUT2D eigenvalue weighted by Gasteiger charge is 2.15. The summed E-state index contributed by atoms with van der Waals surface area (Å²) < 4.78 is 6.15. The van der Waals surface area contributed by atoms with Crippen LogP contribution in [0.1, 0.15) is 37.0 Å². The Morgan fingerprint density at radius 3 is 2.43 bits per heavy atom. The summed E-state index contributed by atoms with van der Waals surface area (Å²) in [5, 5.41) is 6.24. The molecular weight excluding hydrogens is 374 g/mol. The highest BCUT2D eigenvalue weighted by atomic mass is 32.1. The molecule has 0 bridgehead atoms. The lowest BCUT2D eigenvalue weighted by atomic mass is 10.0. The van der Waals surface area contributed by atoms with E-state index in [1.54, 1.807) is 31.4 Å². The molecule has 0 fully saturated rings. The van der Waals surface area contributed by atoms with Gasteiger partial charge in [0, 0.05) is 17.2 Å². The Bertz CT molecular complexity index is 978. The van der Waals surface area contributed by atoms with Crippen molar-refractivity contribution in [3.63, 3.8) is 0 Å². The van der Waals surface area contributed by atoms with E-state index in [1.807, 2.05) is 32.0 Å². The van der Waals surface area contributed by atoms with Crippen molar-refractivity contribution < 1.29 is 14.3 Å². The highest BCUT2D eigenvalue weighted by Crippen LogP contribution is 2.29. The summed E-state index contributed by atoms with van der Waals surface area (Å²) in [6, 6.07) is 12.4. The predicted molar refractivity (Wildman–Crippen MR) is 113 cm³/mol. The molecule has 2 N–H and O–H groups in total. The minimum atomic E-state index is -0.246. The smallest absolute Gasteiger partial charge is 0.257 e. The SMILES string of the molecule is CCC(CC)C(=O)Nc1ccc(C(=O)Nc2nc3ccc(OC)cc3s2)cc1. The van der Waals surface area contributed by atoms with Gasteiger partial charge in [-0.25, -0.2) is 4.98 Å². The van der Waals surface area contributed by atoms with Gasteiger partial charge in [-0.05, 0) is 55.3 Å². The number of amides is 2. The molecule has 0 aliphatic carbocycles. The molecule has 2 amide bonds. The lowest BCUT2D eigenvalue weighted by Gasteiger charge is -2.13. The van der Waals surface area contributed by atoms with Gasteiger partial charge >= 0.3 is 0 Å². The highest BCUT2D eigenvalue weighted by molar-refractivity contribution is 7.22. The molecule has 3 aromatic rings. The maximum absolute atomic E-state index is 12.5. The molecule has 0 saturated heterocycles. The Morgan fingerprint density at radius 2 is 1.79 bits per heavy atom. The van der Waals surface area contributed by atoms with Crippen LogP contribution in [0.3, 0.4) is 0 Å². The van der Waals surface area contributed by atoms with E-state index in [1.165, 1.54) is 11.3 Å². The number of hydrogen-bond donors (Lipinski definition) is 2. The molecular formula is C21H23N3O3S. The molecule has 7 heteroatoms. The molecule has 0 unspecified atom stereocenters. The number of ether oxygens (including phenoxy) is 1. The van der Waals surface area contributed by atoms with E-state index in [4.69, 9.17) is 4.74 Å². The number of aromatic nitrogens is 1. The summed E-state index contributed by atoms with van der Waals surface area (Å²) in [6.45, 7) is 4.00. The number of benzene rings is 2. The van der Waals surface area contributed by atoms with Crippen LogP contribution >= 0.6 is 11.3 Å². The lowest BCUT2D eigenvalue weighted by Crippen LogP contribution is -2.21. The number of anilines is 2. The van der Waals surface area contributed by atoms with Crippen LogP contribution in [0, 0.1) is 5.92 Å². The van der Waals surface area contributed by atoms with Crippen molar-refractivity contribution in [2.75, 3.05) is 17.7 Å². The van der Waals surface area contributed by atoms with Crippen molar-refractivity contribution >= 4 is 44.2 Å². The summed E-state index contributed by atoms with van der Waals surface area (Å²) in [6.07, 6.45) is 1.60. The number of hydrogen-bond acceptors (Lipinski definition) is 5. The Hall–Kier alpha value is -2.93. The zero-order valence-corrected chi connectivity index (χ0v) is 16.9. The third-order valence-electron chi connectivity index (χ3n) is 4.59. The van der Waals surface area contributed by atoms with E-state index < -0.39 is 0 Å². The van der Waals surface area contributed by atoms with Crippen LogP contribution in [0.2, 0.25) is 0 Å². The van der Waals surface area contributed by atoms with E-state index in [2.05, 4.69) is 15.6 Å². The van der Waals surface area contributed by atoms with Crippen molar-refractivity contribution in [3.8, 4) is 5.75 Å². The number of carbonyl (C=O) groups is 2. The van der Waals surface area contributed by atoms with E-state index in [-0.39, 0.29) is 17.7 Å². The summed E-state index contributed by atoms with van der Waals surface area (Å²) in [5.74, 6) is 0.511. The Kier molecular flexibility index (Phi) is 6.26. The molecule has 0 spiro atoms. The van der Waals surface area contributed by atoms with E-state index in [0.717, 1.165) is 28.8 Å². The van der Waals surface area contributed by atoms with Crippen molar-refractivity contribution in [1.82, 2.24) is 4.98 Å². The largest absolute Gasteiger partial charge is 0.497 e. The second-order valence-corrected chi connectivity index (χ2v) is 7.42. The summed E-state index contributed by atoms with van der Waals surface area (Å²) >= 11 is 1.39. The number of methoxy groups -OCH3 is 1. The second kappa shape index (κ2) is 8.84. The quantitative estimate of drug-likeness (QED) is 0.592.